The van der Waals surface area contributed by atoms with Gasteiger partial charge in [-0.15, -0.1) is 0 Å². The standard InChI is InChI=1S/C23H19N5O7/c24-20(29)19-21(27-17(26-19)12-16-9-10-18(34-16)35-23(31)32)28-22(30)25-13-5-4-8-15(11-13)33-14-6-2-1-3-7-14/h1-11H,12H2,(H2,24,29)(H,26,27)(H,31,32)(H2,25,28,30). The lowest BCUT2D eigenvalue weighted by Gasteiger charge is -2.09. The monoisotopic (exact) mass is 477 g/mol. The number of aromatic nitrogens is 2. The first-order chi connectivity index (χ1) is 16.9. The number of ether oxygens (including phenoxy) is 2. The van der Waals surface area contributed by atoms with E-state index in [0.29, 0.717) is 22.9 Å². The number of urea groups is 1. The van der Waals surface area contributed by atoms with Crippen LogP contribution < -0.4 is 25.8 Å². The average molecular weight is 477 g/mol. The van der Waals surface area contributed by atoms with Crippen molar-refractivity contribution in [2.45, 2.75) is 6.42 Å². The Morgan fingerprint density at radius 1 is 1.00 bits per heavy atom. The van der Waals surface area contributed by atoms with Crippen LogP contribution >= 0.6 is 0 Å². The molecule has 0 saturated heterocycles. The van der Waals surface area contributed by atoms with Gasteiger partial charge in [-0.1, -0.05) is 24.3 Å². The molecule has 4 rings (SSSR count). The Labute approximate surface area is 197 Å². The number of carbonyl (C=O) groups is 3. The third kappa shape index (κ3) is 6.16. The van der Waals surface area contributed by atoms with Gasteiger partial charge in [-0.2, -0.15) is 0 Å². The number of benzene rings is 2. The number of imidazole rings is 1. The van der Waals surface area contributed by atoms with Gasteiger partial charge in [-0.25, -0.2) is 14.6 Å². The van der Waals surface area contributed by atoms with Crippen molar-refractivity contribution in [3.63, 3.8) is 0 Å². The molecule has 35 heavy (non-hydrogen) atoms. The van der Waals surface area contributed by atoms with Crippen molar-refractivity contribution >= 4 is 29.6 Å². The molecule has 0 atom stereocenters. The van der Waals surface area contributed by atoms with Crippen LogP contribution in [0.3, 0.4) is 0 Å². The van der Waals surface area contributed by atoms with Crippen molar-refractivity contribution < 1.29 is 33.4 Å². The zero-order chi connectivity index (χ0) is 24.8. The lowest BCUT2D eigenvalue weighted by Crippen LogP contribution is -2.22. The molecule has 12 heteroatoms. The van der Waals surface area contributed by atoms with E-state index in [1.165, 1.54) is 12.1 Å². The number of hydrogen-bond acceptors (Lipinski definition) is 7. The number of nitrogens with zero attached hydrogens (tertiary/aromatic N) is 1. The third-order valence-electron chi connectivity index (χ3n) is 4.47. The molecular formula is C23H19N5O7. The highest BCUT2D eigenvalue weighted by Gasteiger charge is 2.19. The number of primary amides is 1. The molecule has 0 radical (unpaired) electrons. The number of nitrogens with one attached hydrogen (secondary N) is 3. The minimum absolute atomic E-state index is 0.0471. The highest BCUT2D eigenvalue weighted by molar-refractivity contribution is 6.04. The van der Waals surface area contributed by atoms with Gasteiger partial charge in [0, 0.05) is 17.8 Å². The molecular weight excluding hydrogens is 458 g/mol. The number of para-hydroxylation sites is 1. The predicted molar refractivity (Wildman–Crippen MR) is 123 cm³/mol. The topological polar surface area (TPSA) is 182 Å². The minimum atomic E-state index is -1.52. The second-order valence-corrected chi connectivity index (χ2v) is 7.06. The Kier molecular flexibility index (Phi) is 6.63. The van der Waals surface area contributed by atoms with Gasteiger partial charge >= 0.3 is 12.2 Å². The van der Waals surface area contributed by atoms with Crippen LogP contribution in [0.2, 0.25) is 0 Å². The molecule has 0 saturated carbocycles. The molecule has 2 aromatic heterocycles. The average Bonchev–Trinajstić information content (AvgIpc) is 3.41. The van der Waals surface area contributed by atoms with Crippen LogP contribution in [0.25, 0.3) is 0 Å². The molecule has 6 N–H and O–H groups in total. The largest absolute Gasteiger partial charge is 0.513 e. The maximum absolute atomic E-state index is 12.5. The van der Waals surface area contributed by atoms with Crippen molar-refractivity contribution in [3.05, 3.63) is 84.0 Å². The summed E-state index contributed by atoms with van der Waals surface area (Å²) in [6.07, 6.45) is -1.47. The van der Waals surface area contributed by atoms with Crippen molar-refractivity contribution in [1.82, 2.24) is 9.97 Å². The summed E-state index contributed by atoms with van der Waals surface area (Å²) in [5.74, 6) is 0.550. The summed E-state index contributed by atoms with van der Waals surface area (Å²) in [6, 6.07) is 18.0. The van der Waals surface area contributed by atoms with E-state index in [1.54, 1.807) is 36.4 Å². The van der Waals surface area contributed by atoms with Gasteiger partial charge in [0.1, 0.15) is 28.8 Å². The Morgan fingerprint density at radius 3 is 2.51 bits per heavy atom. The van der Waals surface area contributed by atoms with Gasteiger partial charge in [-0.05, 0) is 30.3 Å². The maximum atomic E-state index is 12.5. The van der Waals surface area contributed by atoms with E-state index in [9.17, 15) is 14.4 Å². The summed E-state index contributed by atoms with van der Waals surface area (Å²) >= 11 is 0. The summed E-state index contributed by atoms with van der Waals surface area (Å²) in [5.41, 5.74) is 5.71. The van der Waals surface area contributed by atoms with Crippen LogP contribution in [0.1, 0.15) is 22.1 Å². The Morgan fingerprint density at radius 2 is 1.77 bits per heavy atom. The van der Waals surface area contributed by atoms with Crippen LogP contribution in [0.4, 0.5) is 21.1 Å². The van der Waals surface area contributed by atoms with Gasteiger partial charge in [0.25, 0.3) is 11.9 Å². The molecule has 12 nitrogen and oxygen atoms in total. The van der Waals surface area contributed by atoms with Gasteiger partial charge in [0.15, 0.2) is 5.82 Å². The van der Waals surface area contributed by atoms with E-state index in [0.717, 1.165) is 0 Å². The molecule has 0 spiro atoms. The Balaban J connectivity index is 1.43. The number of carbonyl (C=O) groups excluding carboxylic acids is 2. The van der Waals surface area contributed by atoms with Crippen LogP contribution in [-0.4, -0.2) is 33.2 Å². The summed E-state index contributed by atoms with van der Waals surface area (Å²) in [4.78, 5) is 41.9. The van der Waals surface area contributed by atoms with E-state index in [2.05, 4.69) is 25.3 Å². The van der Waals surface area contributed by atoms with E-state index in [4.69, 9.17) is 20.0 Å². The van der Waals surface area contributed by atoms with Crippen molar-refractivity contribution in [1.29, 1.82) is 0 Å². The number of amides is 3. The SMILES string of the molecule is NC(=O)c1[nH]c(Cc2ccc(OC(=O)O)o2)nc1NC(=O)Nc1cccc(Oc2ccccc2)c1. The normalized spacial score (nSPS) is 10.4. The highest BCUT2D eigenvalue weighted by Crippen LogP contribution is 2.24. The van der Waals surface area contributed by atoms with E-state index in [1.807, 2.05) is 18.2 Å². The number of nitrogens with two attached hydrogens (primary N) is 1. The number of anilines is 2. The number of rotatable bonds is 8. The van der Waals surface area contributed by atoms with Crippen LogP contribution in [-0.2, 0) is 6.42 Å². The van der Waals surface area contributed by atoms with Crippen LogP contribution in [0, 0.1) is 0 Å². The van der Waals surface area contributed by atoms with Crippen molar-refractivity contribution in [3.8, 4) is 17.4 Å². The number of H-pyrrole nitrogens is 1. The van der Waals surface area contributed by atoms with E-state index >= 15 is 0 Å². The van der Waals surface area contributed by atoms with E-state index < -0.39 is 18.1 Å². The molecule has 0 unspecified atom stereocenters. The summed E-state index contributed by atoms with van der Waals surface area (Å²) < 4.78 is 15.4. The number of aromatic amines is 1. The molecule has 3 amide bonds. The predicted octanol–water partition coefficient (Wildman–Crippen LogP) is 4.19. The molecule has 0 aliphatic heterocycles. The highest BCUT2D eigenvalue weighted by atomic mass is 16.7. The summed E-state index contributed by atoms with van der Waals surface area (Å²) in [7, 11) is 0. The summed E-state index contributed by atoms with van der Waals surface area (Å²) in [6.45, 7) is 0. The maximum Gasteiger partial charge on any atom is 0.513 e. The van der Waals surface area contributed by atoms with Gasteiger partial charge < -0.3 is 35.0 Å². The lowest BCUT2D eigenvalue weighted by molar-refractivity contribution is 0.0996. The fraction of sp³-hybridized carbons (Fsp3) is 0.0435. The first kappa shape index (κ1) is 22.9. The number of hydrogen-bond donors (Lipinski definition) is 5. The number of furan rings is 1. The molecule has 2 aromatic carbocycles. The molecule has 0 aliphatic rings. The summed E-state index contributed by atoms with van der Waals surface area (Å²) in [5, 5.41) is 13.7. The lowest BCUT2D eigenvalue weighted by atomic mass is 10.3. The fourth-order valence-corrected chi connectivity index (χ4v) is 3.07. The second-order valence-electron chi connectivity index (χ2n) is 7.06. The van der Waals surface area contributed by atoms with Gasteiger partial charge in [-0.3, -0.25) is 10.1 Å². The molecule has 0 bridgehead atoms. The van der Waals surface area contributed by atoms with Crippen LogP contribution in [0.15, 0.2) is 71.1 Å². The quantitative estimate of drug-likeness (QED) is 0.234. The number of carboxylic acid groups (broad SMARTS) is 1. The molecule has 2 heterocycles. The molecule has 4 aromatic rings. The van der Waals surface area contributed by atoms with Crippen molar-refractivity contribution in [2.24, 2.45) is 5.73 Å². The minimum Gasteiger partial charge on any atom is -0.457 e. The zero-order valence-electron chi connectivity index (χ0n) is 18.0. The fourth-order valence-electron chi connectivity index (χ4n) is 3.07. The smallest absolute Gasteiger partial charge is 0.457 e. The first-order valence-corrected chi connectivity index (χ1v) is 10.1. The molecule has 0 fully saturated rings. The Bertz CT molecular complexity index is 1360. The Hall–Kier alpha value is -5.26. The zero-order valence-corrected chi connectivity index (χ0v) is 18.0. The van der Waals surface area contributed by atoms with E-state index in [-0.39, 0.29) is 29.7 Å². The first-order valence-electron chi connectivity index (χ1n) is 10.1. The molecule has 178 valence electrons. The third-order valence-corrected chi connectivity index (χ3v) is 4.47. The molecule has 0 aliphatic carbocycles. The van der Waals surface area contributed by atoms with Crippen molar-refractivity contribution in [2.75, 3.05) is 10.6 Å². The van der Waals surface area contributed by atoms with Crippen LogP contribution in [0.5, 0.6) is 17.4 Å². The second kappa shape index (κ2) is 10.1. The van der Waals surface area contributed by atoms with Gasteiger partial charge in [0.05, 0.1) is 6.42 Å². The van der Waals surface area contributed by atoms with Gasteiger partial charge in [0.2, 0.25) is 0 Å².